The molecule has 0 amide bonds. The van der Waals surface area contributed by atoms with Crippen LogP contribution in [0.4, 0.5) is 0 Å². The van der Waals surface area contributed by atoms with Crippen molar-refractivity contribution >= 4 is 5.97 Å². The Morgan fingerprint density at radius 2 is 2.25 bits per heavy atom. The molecular formula is C12H20O4. The minimum atomic E-state index is -0.721. The molecule has 3 unspecified atom stereocenters. The van der Waals surface area contributed by atoms with Crippen molar-refractivity contribution in [3.63, 3.8) is 0 Å². The average molecular weight is 228 g/mol. The smallest absolute Gasteiger partial charge is 0.341 e. The molecule has 92 valence electrons. The summed E-state index contributed by atoms with van der Waals surface area (Å²) in [6, 6.07) is 0. The summed E-state index contributed by atoms with van der Waals surface area (Å²) in [4.78, 5) is 11.9. The molecule has 0 aliphatic carbocycles. The molecule has 0 bridgehead atoms. The van der Waals surface area contributed by atoms with Crippen molar-refractivity contribution in [1.29, 1.82) is 0 Å². The summed E-state index contributed by atoms with van der Waals surface area (Å²) in [7, 11) is 0. The number of epoxide rings is 1. The Bertz CT molecular complexity index is 285. The lowest BCUT2D eigenvalue weighted by Gasteiger charge is -2.18. The van der Waals surface area contributed by atoms with Gasteiger partial charge in [-0.3, -0.25) is 0 Å². The maximum absolute atomic E-state index is 11.9. The van der Waals surface area contributed by atoms with Crippen molar-refractivity contribution in [3.05, 3.63) is 0 Å². The minimum absolute atomic E-state index is 0.216. The summed E-state index contributed by atoms with van der Waals surface area (Å²) in [6.45, 7) is 7.66. The second kappa shape index (κ2) is 4.00. The number of carbonyl (C=O) groups excluding carboxylic acids is 1. The molecule has 0 radical (unpaired) electrons. The molecule has 4 heteroatoms. The molecule has 4 nitrogen and oxygen atoms in total. The van der Waals surface area contributed by atoms with E-state index in [0.29, 0.717) is 25.6 Å². The van der Waals surface area contributed by atoms with Crippen molar-refractivity contribution in [2.45, 2.75) is 44.8 Å². The normalized spacial score (nSPS) is 42.1. The molecule has 0 aromatic carbocycles. The highest BCUT2D eigenvalue weighted by molar-refractivity contribution is 5.84. The van der Waals surface area contributed by atoms with Crippen molar-refractivity contribution in [3.8, 4) is 0 Å². The third-order valence-corrected chi connectivity index (χ3v) is 3.96. The first-order valence-electron chi connectivity index (χ1n) is 6.06. The first kappa shape index (κ1) is 11.9. The number of hydrogen-bond donors (Lipinski definition) is 0. The van der Waals surface area contributed by atoms with E-state index in [4.69, 9.17) is 14.2 Å². The molecule has 2 fully saturated rings. The van der Waals surface area contributed by atoms with E-state index in [0.717, 1.165) is 13.0 Å². The highest BCUT2D eigenvalue weighted by atomic mass is 16.7. The lowest BCUT2D eigenvalue weighted by Crippen LogP contribution is -2.38. The summed E-state index contributed by atoms with van der Waals surface area (Å²) in [5.41, 5.74) is -1.11. The maximum atomic E-state index is 11.9. The van der Waals surface area contributed by atoms with E-state index < -0.39 is 5.60 Å². The largest absolute Gasteiger partial charge is 0.464 e. The first-order chi connectivity index (χ1) is 7.60. The summed E-state index contributed by atoms with van der Waals surface area (Å²) in [5.74, 6) is 0.101. The van der Waals surface area contributed by atoms with Crippen molar-refractivity contribution < 1.29 is 19.0 Å². The van der Waals surface area contributed by atoms with Gasteiger partial charge in [0.15, 0.2) is 5.60 Å². The van der Waals surface area contributed by atoms with Gasteiger partial charge in [-0.05, 0) is 26.7 Å². The number of hydrogen-bond acceptors (Lipinski definition) is 4. The zero-order valence-electron chi connectivity index (χ0n) is 10.2. The predicted octanol–water partition coefficient (Wildman–Crippen LogP) is 1.52. The van der Waals surface area contributed by atoms with Gasteiger partial charge in [-0.25, -0.2) is 4.79 Å². The molecule has 2 rings (SSSR count). The Hall–Kier alpha value is -0.610. The van der Waals surface area contributed by atoms with Crippen LogP contribution in [-0.2, 0) is 19.0 Å². The predicted molar refractivity (Wildman–Crippen MR) is 58.1 cm³/mol. The molecule has 0 N–H and O–H groups in total. The molecule has 2 saturated heterocycles. The molecular weight excluding hydrogens is 208 g/mol. The summed E-state index contributed by atoms with van der Waals surface area (Å²) in [5, 5.41) is 0. The zero-order chi connectivity index (χ0) is 11.8. The van der Waals surface area contributed by atoms with Crippen LogP contribution in [0.25, 0.3) is 0 Å². The summed E-state index contributed by atoms with van der Waals surface area (Å²) < 4.78 is 16.3. The standard InChI is InChI=1S/C12H20O4/c1-4-12(10(13)15-5-2)11(3,16-12)9-6-7-14-8-9/h9H,4-8H2,1-3H3. The first-order valence-corrected chi connectivity index (χ1v) is 6.06. The van der Waals surface area contributed by atoms with Crippen molar-refractivity contribution in [2.75, 3.05) is 19.8 Å². The van der Waals surface area contributed by atoms with E-state index in [1.54, 1.807) is 0 Å². The van der Waals surface area contributed by atoms with Gasteiger partial charge in [0.1, 0.15) is 5.60 Å². The molecule has 0 aromatic heterocycles. The van der Waals surface area contributed by atoms with Gasteiger partial charge in [-0.1, -0.05) is 6.92 Å². The molecule has 0 aromatic rings. The third kappa shape index (κ3) is 1.47. The second-order valence-corrected chi connectivity index (χ2v) is 4.67. The Labute approximate surface area is 96.2 Å². The topological polar surface area (TPSA) is 48.1 Å². The van der Waals surface area contributed by atoms with Crippen LogP contribution in [0.3, 0.4) is 0 Å². The molecule has 3 atom stereocenters. The SMILES string of the molecule is CCOC(=O)C1(CC)OC1(C)C1CCOC1. The van der Waals surface area contributed by atoms with Gasteiger partial charge in [-0.2, -0.15) is 0 Å². The molecule has 2 aliphatic heterocycles. The van der Waals surface area contributed by atoms with E-state index in [9.17, 15) is 4.79 Å². The van der Waals surface area contributed by atoms with E-state index in [2.05, 4.69) is 0 Å². The molecule has 0 spiro atoms. The quantitative estimate of drug-likeness (QED) is 0.540. The van der Waals surface area contributed by atoms with Crippen LogP contribution in [0.15, 0.2) is 0 Å². The summed E-state index contributed by atoms with van der Waals surface area (Å²) in [6.07, 6.45) is 1.64. The fraction of sp³-hybridized carbons (Fsp3) is 0.917. The highest BCUT2D eigenvalue weighted by Crippen LogP contribution is 2.57. The Balaban J connectivity index is 2.11. The van der Waals surface area contributed by atoms with Gasteiger partial charge in [0.25, 0.3) is 0 Å². The number of esters is 1. The maximum Gasteiger partial charge on any atom is 0.341 e. The van der Waals surface area contributed by atoms with Crippen LogP contribution in [0.2, 0.25) is 0 Å². The van der Waals surface area contributed by atoms with Crippen LogP contribution in [-0.4, -0.2) is 37.0 Å². The van der Waals surface area contributed by atoms with Gasteiger partial charge >= 0.3 is 5.97 Å². The van der Waals surface area contributed by atoms with Crippen LogP contribution >= 0.6 is 0 Å². The molecule has 2 heterocycles. The van der Waals surface area contributed by atoms with E-state index in [1.165, 1.54) is 0 Å². The van der Waals surface area contributed by atoms with Crippen LogP contribution in [0, 0.1) is 5.92 Å². The third-order valence-electron chi connectivity index (χ3n) is 3.96. The Morgan fingerprint density at radius 3 is 2.75 bits per heavy atom. The van der Waals surface area contributed by atoms with Gasteiger partial charge in [0.2, 0.25) is 0 Å². The lowest BCUT2D eigenvalue weighted by molar-refractivity contribution is -0.149. The minimum Gasteiger partial charge on any atom is -0.464 e. The van der Waals surface area contributed by atoms with Gasteiger partial charge < -0.3 is 14.2 Å². The second-order valence-electron chi connectivity index (χ2n) is 4.67. The molecule has 2 aliphatic rings. The average Bonchev–Trinajstić information content (AvgIpc) is 2.69. The fourth-order valence-electron chi connectivity index (χ4n) is 2.78. The highest BCUT2D eigenvalue weighted by Gasteiger charge is 2.74. The van der Waals surface area contributed by atoms with Crippen molar-refractivity contribution in [2.24, 2.45) is 5.92 Å². The Kier molecular flexibility index (Phi) is 2.97. The van der Waals surface area contributed by atoms with Gasteiger partial charge in [0, 0.05) is 12.5 Å². The fourth-order valence-corrected chi connectivity index (χ4v) is 2.78. The van der Waals surface area contributed by atoms with E-state index in [-0.39, 0.29) is 11.6 Å². The van der Waals surface area contributed by atoms with E-state index >= 15 is 0 Å². The number of carbonyl (C=O) groups is 1. The Morgan fingerprint density at radius 1 is 1.50 bits per heavy atom. The van der Waals surface area contributed by atoms with E-state index in [1.807, 2.05) is 20.8 Å². The van der Waals surface area contributed by atoms with Crippen LogP contribution < -0.4 is 0 Å². The lowest BCUT2D eigenvalue weighted by atomic mass is 9.81. The molecule has 16 heavy (non-hydrogen) atoms. The summed E-state index contributed by atoms with van der Waals surface area (Å²) >= 11 is 0. The van der Waals surface area contributed by atoms with Crippen LogP contribution in [0.5, 0.6) is 0 Å². The van der Waals surface area contributed by atoms with Crippen molar-refractivity contribution in [1.82, 2.24) is 0 Å². The number of ether oxygens (including phenoxy) is 3. The van der Waals surface area contributed by atoms with Gasteiger partial charge in [0.05, 0.1) is 13.2 Å². The monoisotopic (exact) mass is 228 g/mol. The number of rotatable bonds is 4. The van der Waals surface area contributed by atoms with Gasteiger partial charge in [-0.15, -0.1) is 0 Å². The molecule has 0 saturated carbocycles. The van der Waals surface area contributed by atoms with Crippen LogP contribution in [0.1, 0.15) is 33.6 Å². The zero-order valence-corrected chi connectivity index (χ0v) is 10.2.